The van der Waals surface area contributed by atoms with Gasteiger partial charge in [0.15, 0.2) is 0 Å². The van der Waals surface area contributed by atoms with Gasteiger partial charge in [0.05, 0.1) is 14.2 Å². The summed E-state index contributed by atoms with van der Waals surface area (Å²) in [7, 11) is 1.88. The van der Waals surface area contributed by atoms with Gasteiger partial charge in [0.1, 0.15) is 11.5 Å². The number of ether oxygens (including phenoxy) is 2. The zero-order chi connectivity index (χ0) is 24.8. The van der Waals surface area contributed by atoms with Gasteiger partial charge in [-0.05, 0) is 35.2 Å². The second kappa shape index (κ2) is 14.7. The minimum Gasteiger partial charge on any atom is -0.736 e. The van der Waals surface area contributed by atoms with E-state index in [-0.39, 0.29) is 0 Å². The van der Waals surface area contributed by atoms with E-state index in [9.17, 15) is 0 Å². The predicted molar refractivity (Wildman–Crippen MR) is 130 cm³/mol. The van der Waals surface area contributed by atoms with Crippen LogP contribution in [0, 0.1) is 0 Å². The summed E-state index contributed by atoms with van der Waals surface area (Å²) in [5.74, 6) is 2.11. The molecule has 33 heavy (non-hydrogen) atoms. The van der Waals surface area contributed by atoms with Crippen LogP contribution in [0.15, 0.2) is 72.8 Å². The largest absolute Gasteiger partial charge is 0.736 e. The van der Waals surface area contributed by atoms with Crippen molar-refractivity contribution in [3.8, 4) is 11.5 Å². The van der Waals surface area contributed by atoms with Crippen LogP contribution in [0.4, 0.5) is 0 Å². The maximum absolute atomic E-state index is 8.70. The summed E-state index contributed by atoms with van der Waals surface area (Å²) in [5, 5.41) is 52.2. The molecule has 0 spiro atoms. The third-order valence-electron chi connectivity index (χ3n) is 4.24. The van der Waals surface area contributed by atoms with Gasteiger partial charge in [-0.1, -0.05) is 36.4 Å². The van der Waals surface area contributed by atoms with Crippen molar-refractivity contribution < 1.29 is 44.0 Å². The van der Waals surface area contributed by atoms with E-state index in [0.717, 1.165) is 0 Å². The van der Waals surface area contributed by atoms with Crippen LogP contribution in [0.2, 0.25) is 0 Å². The van der Waals surface area contributed by atoms with Crippen LogP contribution in [-0.4, -0.2) is 83.7 Å². The number of carbonyl (C=O) groups excluding carboxylic acids is 1. The van der Waals surface area contributed by atoms with Crippen molar-refractivity contribution >= 4 is 43.2 Å². The van der Waals surface area contributed by atoms with Gasteiger partial charge < -0.3 is 39.6 Å². The van der Waals surface area contributed by atoms with Crippen LogP contribution in [0.3, 0.4) is 0 Å². The second-order valence-electron chi connectivity index (χ2n) is 6.44. The molecule has 0 saturated carbocycles. The molecule has 0 bridgehead atoms. The van der Waals surface area contributed by atoms with Gasteiger partial charge >= 0.3 is 20.0 Å². The lowest BCUT2D eigenvalue weighted by atomic mass is 9.80. The first kappa shape index (κ1) is 27.7. The molecule has 0 atom stereocenters. The fourth-order valence-corrected chi connectivity index (χ4v) is 2.33. The topological polar surface area (TPSA) is 151 Å². The lowest BCUT2D eigenvalue weighted by Gasteiger charge is -2.06. The first-order valence-corrected chi connectivity index (χ1v) is 9.72. The summed E-state index contributed by atoms with van der Waals surface area (Å²) < 4.78 is 14.7. The summed E-state index contributed by atoms with van der Waals surface area (Å²) in [6.07, 6.45) is 6.55. The molecule has 0 heterocycles. The Morgan fingerprint density at radius 3 is 1.27 bits per heavy atom. The molecule has 0 saturated heterocycles. The number of allylic oxidation sites excluding steroid dienone is 4. The van der Waals surface area contributed by atoms with Gasteiger partial charge in [0.25, 0.3) is 13.9 Å². The molecule has 0 unspecified atom stereocenters. The number of rotatable bonds is 4. The molecule has 1 aliphatic rings. The highest BCUT2D eigenvalue weighted by Crippen LogP contribution is 2.06. The quantitative estimate of drug-likeness (QED) is 0.225. The molecule has 0 fully saturated rings. The molecular formula is C21H27B3O9. The molecule has 0 radical (unpaired) electrons. The number of benzene rings is 2. The molecule has 12 heteroatoms. The monoisotopic (exact) mass is 456 g/mol. The fraction of sp³-hybridized carbons (Fsp3) is 0.143. The Kier molecular flexibility index (Phi) is 12.4. The second-order valence-corrected chi connectivity index (χ2v) is 6.44. The lowest BCUT2D eigenvalue weighted by molar-refractivity contribution is -0.417. The van der Waals surface area contributed by atoms with Crippen molar-refractivity contribution in [2.75, 3.05) is 21.3 Å². The van der Waals surface area contributed by atoms with E-state index < -0.39 is 21.0 Å². The lowest BCUT2D eigenvalue weighted by Crippen LogP contribution is -2.29. The highest BCUT2D eigenvalue weighted by atomic mass is 16.5. The fourth-order valence-electron chi connectivity index (χ4n) is 2.33. The Labute approximate surface area is 193 Å². The number of methoxy groups -OCH3 is 2. The summed E-state index contributed by atoms with van der Waals surface area (Å²) in [5.41, 5.74) is 1.39. The first-order chi connectivity index (χ1) is 15.7. The van der Waals surface area contributed by atoms with Crippen LogP contribution < -0.4 is 20.4 Å². The van der Waals surface area contributed by atoms with Crippen molar-refractivity contribution in [3.05, 3.63) is 72.8 Å². The van der Waals surface area contributed by atoms with Crippen molar-refractivity contribution in [1.29, 1.82) is 0 Å². The molecule has 0 amide bonds. The van der Waals surface area contributed by atoms with Crippen molar-refractivity contribution in [1.82, 2.24) is 0 Å². The van der Waals surface area contributed by atoms with E-state index in [1.807, 2.05) is 0 Å². The summed E-state index contributed by atoms with van der Waals surface area (Å²) in [6, 6.07) is 13.1. The van der Waals surface area contributed by atoms with E-state index in [4.69, 9.17) is 44.0 Å². The van der Waals surface area contributed by atoms with E-state index in [1.54, 1.807) is 94.2 Å². The summed E-state index contributed by atoms with van der Waals surface area (Å²) in [4.78, 5) is 0. The Morgan fingerprint density at radius 2 is 1.03 bits per heavy atom. The molecular weight excluding hydrogens is 429 g/mol. The van der Waals surface area contributed by atoms with Crippen LogP contribution in [0.1, 0.15) is 0 Å². The minimum absolute atomic E-state index is 0.464. The molecule has 174 valence electrons. The average molecular weight is 456 g/mol. The van der Waals surface area contributed by atoms with Crippen molar-refractivity contribution in [2.45, 2.75) is 0 Å². The zero-order valence-corrected chi connectivity index (χ0v) is 18.6. The van der Waals surface area contributed by atoms with Crippen LogP contribution >= 0.6 is 0 Å². The molecule has 2 aromatic carbocycles. The Balaban J connectivity index is 0.000000247. The standard InChI is InChI=1S/3C7H9BO3/c3*1-11-7-4-2-6(3-5-7)8(9)10/h3*2-5,9-10H,1H3. The van der Waals surface area contributed by atoms with Gasteiger partial charge in [0.2, 0.25) is 0 Å². The maximum atomic E-state index is 8.70. The van der Waals surface area contributed by atoms with E-state index >= 15 is 0 Å². The smallest absolute Gasteiger partial charge is 0.488 e. The van der Waals surface area contributed by atoms with Gasteiger partial charge in [-0.3, -0.25) is 4.42 Å². The highest BCUT2D eigenvalue weighted by Gasteiger charge is 2.10. The Morgan fingerprint density at radius 1 is 0.667 bits per heavy atom. The normalized spacial score (nSPS) is 11.4. The van der Waals surface area contributed by atoms with Crippen molar-refractivity contribution in [2.24, 2.45) is 0 Å². The van der Waals surface area contributed by atoms with Gasteiger partial charge in [0, 0.05) is 12.2 Å². The van der Waals surface area contributed by atoms with Crippen LogP contribution in [0.25, 0.3) is 0 Å². The molecule has 1 aliphatic carbocycles. The van der Waals surface area contributed by atoms with E-state index in [2.05, 4.69) is 0 Å². The number of ketones is 1. The average Bonchev–Trinajstić information content (AvgIpc) is 2.84. The molecule has 0 aromatic heterocycles. The highest BCUT2D eigenvalue weighted by molar-refractivity contribution is 6.64. The molecule has 6 N–H and O–H groups in total. The first-order valence-electron chi connectivity index (χ1n) is 9.72. The number of hydrogen-bond donors (Lipinski definition) is 6. The van der Waals surface area contributed by atoms with Crippen LogP contribution in [0.5, 0.6) is 11.5 Å². The number of hydrogen-bond acceptors (Lipinski definition) is 8. The summed E-state index contributed by atoms with van der Waals surface area (Å²) >= 11 is 0. The van der Waals surface area contributed by atoms with Gasteiger partial charge in [-0.15, -0.1) is 5.46 Å². The van der Waals surface area contributed by atoms with Crippen LogP contribution in [-0.2, 0) is 4.42 Å². The zero-order valence-electron chi connectivity index (χ0n) is 18.6. The van der Waals surface area contributed by atoms with Gasteiger partial charge in [-0.2, -0.15) is 0 Å². The summed E-state index contributed by atoms with van der Waals surface area (Å²) in [6.45, 7) is -1.40. The maximum Gasteiger partial charge on any atom is 0.488 e. The molecule has 3 rings (SSSR count). The Hall–Kier alpha value is -3.31. The SMILES string of the molecule is COc1ccc(B(O)O)cc1.COc1ccc(B(O)O)cc1.C[O+]=C1C=CC(=[B-](O)O)C=C1. The molecule has 9 nitrogen and oxygen atoms in total. The van der Waals surface area contributed by atoms with E-state index in [1.165, 1.54) is 0 Å². The van der Waals surface area contributed by atoms with Crippen molar-refractivity contribution in [3.63, 3.8) is 0 Å². The Bertz CT molecular complexity index is 894. The molecule has 0 aliphatic heterocycles. The third kappa shape index (κ3) is 10.2. The third-order valence-corrected chi connectivity index (χ3v) is 4.24. The predicted octanol–water partition coefficient (Wildman–Crippen LogP) is -2.18. The minimum atomic E-state index is -1.40. The molecule has 2 aromatic rings. The van der Waals surface area contributed by atoms with E-state index in [0.29, 0.717) is 33.7 Å². The van der Waals surface area contributed by atoms with Gasteiger partial charge in [-0.25, -0.2) is 0 Å².